The minimum Gasteiger partial charge on any atom is -0.444 e. The molecule has 0 atom stereocenters. The number of carbonyl (C=O) groups is 1. The van der Waals surface area contributed by atoms with Gasteiger partial charge < -0.3 is 15.5 Å². The Balaban J connectivity index is 2.10. The molecule has 0 radical (unpaired) electrons. The largest absolute Gasteiger partial charge is 0.444 e. The molecule has 2 rings (SSSR count). The molecule has 2 aromatic rings. The summed E-state index contributed by atoms with van der Waals surface area (Å²) in [6.07, 6.45) is 2.85. The maximum Gasteiger partial charge on any atom is 0.411 e. The first kappa shape index (κ1) is 20.3. The van der Waals surface area contributed by atoms with E-state index in [0.29, 0.717) is 16.8 Å². The average molecular weight is 392 g/mol. The maximum atomic E-state index is 13.7. The zero-order valence-electron chi connectivity index (χ0n) is 15.0. The molecule has 0 saturated heterocycles. The van der Waals surface area contributed by atoms with Crippen LogP contribution in [0.15, 0.2) is 36.7 Å². The number of allylic oxidation sites excluding steroid dienone is 1. The van der Waals surface area contributed by atoms with E-state index in [9.17, 15) is 9.18 Å². The van der Waals surface area contributed by atoms with E-state index in [2.05, 4.69) is 20.6 Å². The monoisotopic (exact) mass is 391 g/mol. The van der Waals surface area contributed by atoms with Crippen molar-refractivity contribution in [3.05, 3.63) is 53.3 Å². The van der Waals surface area contributed by atoms with E-state index in [1.54, 1.807) is 45.0 Å². The van der Waals surface area contributed by atoms with Gasteiger partial charge in [-0.1, -0.05) is 12.1 Å². The lowest BCUT2D eigenvalue weighted by Crippen LogP contribution is -2.29. The highest BCUT2D eigenvalue weighted by Gasteiger charge is 2.15. The number of hydrogen-bond donors (Lipinski definition) is 3. The van der Waals surface area contributed by atoms with Gasteiger partial charge in [-0.05, 0) is 50.1 Å². The van der Waals surface area contributed by atoms with Crippen LogP contribution < -0.4 is 10.6 Å². The molecule has 27 heavy (non-hydrogen) atoms. The Hall–Kier alpha value is -3.00. The number of amides is 1. The minimum atomic E-state index is -0.634. The number of benzene rings is 1. The molecule has 0 aliphatic heterocycles. The predicted octanol–water partition coefficient (Wildman–Crippen LogP) is 4.53. The molecule has 0 saturated carbocycles. The van der Waals surface area contributed by atoms with Crippen molar-refractivity contribution in [3.8, 4) is 0 Å². The van der Waals surface area contributed by atoms with Crippen LogP contribution in [0.4, 0.5) is 20.7 Å². The van der Waals surface area contributed by atoms with Crippen molar-refractivity contribution in [2.24, 2.45) is 0 Å². The summed E-state index contributed by atoms with van der Waals surface area (Å²) in [5, 5.41) is 12.7. The highest BCUT2D eigenvalue weighted by atomic mass is 35.5. The van der Waals surface area contributed by atoms with Crippen LogP contribution in [0.1, 0.15) is 26.3 Å². The molecule has 0 spiro atoms. The zero-order valence-corrected chi connectivity index (χ0v) is 15.8. The van der Waals surface area contributed by atoms with Gasteiger partial charge in [0.25, 0.3) is 0 Å². The highest BCUT2D eigenvalue weighted by molar-refractivity contribution is 6.28. The van der Waals surface area contributed by atoms with Gasteiger partial charge in [-0.15, -0.1) is 0 Å². The average Bonchev–Trinajstić information content (AvgIpc) is 2.58. The van der Waals surface area contributed by atoms with Gasteiger partial charge in [-0.3, -0.25) is 5.32 Å². The van der Waals surface area contributed by atoms with Crippen LogP contribution in [0.3, 0.4) is 0 Å². The van der Waals surface area contributed by atoms with E-state index in [0.717, 1.165) is 12.4 Å². The van der Waals surface area contributed by atoms with Gasteiger partial charge in [0.2, 0.25) is 5.28 Å². The molecule has 7 nitrogen and oxygen atoms in total. The minimum absolute atomic E-state index is 0.0443. The number of nitrogens with zero attached hydrogens (tertiary/aromatic N) is 2. The van der Waals surface area contributed by atoms with E-state index >= 15 is 0 Å². The van der Waals surface area contributed by atoms with E-state index in [-0.39, 0.29) is 11.1 Å². The third-order valence-corrected chi connectivity index (χ3v) is 3.28. The maximum absolute atomic E-state index is 13.7. The fourth-order valence-electron chi connectivity index (χ4n) is 1.97. The highest BCUT2D eigenvalue weighted by Crippen LogP contribution is 2.21. The van der Waals surface area contributed by atoms with Gasteiger partial charge in [0, 0.05) is 23.7 Å². The van der Waals surface area contributed by atoms with E-state index in [1.165, 1.54) is 6.20 Å². The third-order valence-electron chi connectivity index (χ3n) is 3.10. The van der Waals surface area contributed by atoms with Crippen LogP contribution >= 0.6 is 11.6 Å². The molecule has 0 aliphatic carbocycles. The number of nitrogens with one attached hydrogen (secondary N) is 3. The summed E-state index contributed by atoms with van der Waals surface area (Å²) in [7, 11) is 0. The lowest BCUT2D eigenvalue weighted by Gasteiger charge is -2.19. The van der Waals surface area contributed by atoms with Crippen LogP contribution in [0.2, 0.25) is 5.28 Å². The normalized spacial score (nSPS) is 11.7. The van der Waals surface area contributed by atoms with Crippen molar-refractivity contribution in [3.63, 3.8) is 0 Å². The Morgan fingerprint density at radius 3 is 2.56 bits per heavy atom. The van der Waals surface area contributed by atoms with Gasteiger partial charge in [0.05, 0.1) is 6.20 Å². The van der Waals surface area contributed by atoms with Gasteiger partial charge in [0.15, 0.2) is 11.6 Å². The molecule has 1 aromatic heterocycles. The Morgan fingerprint density at radius 2 is 1.96 bits per heavy atom. The number of alkyl carbamates (subject to hydrolysis) is 1. The number of rotatable bonds is 5. The van der Waals surface area contributed by atoms with Gasteiger partial charge >= 0.3 is 6.09 Å². The van der Waals surface area contributed by atoms with Gasteiger partial charge in [-0.25, -0.2) is 14.2 Å². The molecule has 1 heterocycles. The van der Waals surface area contributed by atoms with Crippen LogP contribution in [0.25, 0.3) is 5.57 Å². The summed E-state index contributed by atoms with van der Waals surface area (Å²) in [6.45, 7) is 5.27. The number of halogens is 2. The summed E-state index contributed by atoms with van der Waals surface area (Å²) < 4.78 is 18.8. The van der Waals surface area contributed by atoms with Crippen molar-refractivity contribution >= 4 is 41.0 Å². The smallest absolute Gasteiger partial charge is 0.411 e. The molecule has 3 N–H and O–H groups in total. The van der Waals surface area contributed by atoms with Crippen LogP contribution in [-0.2, 0) is 4.74 Å². The lowest BCUT2D eigenvalue weighted by atomic mass is 10.1. The molecule has 0 bridgehead atoms. The summed E-state index contributed by atoms with van der Waals surface area (Å²) in [5.41, 5.74) is 1.09. The van der Waals surface area contributed by atoms with Crippen molar-refractivity contribution in [2.45, 2.75) is 26.4 Å². The molecular weight excluding hydrogens is 373 g/mol. The molecule has 1 aromatic carbocycles. The second kappa shape index (κ2) is 8.59. The van der Waals surface area contributed by atoms with Crippen molar-refractivity contribution < 1.29 is 13.9 Å². The molecule has 0 unspecified atom stereocenters. The SMILES string of the molecule is CC(C)(C)OC(=O)N/C=C(\C=N)c1ccc(Nc2nc(Cl)ncc2F)cc1. The molecule has 0 fully saturated rings. The lowest BCUT2D eigenvalue weighted by molar-refractivity contribution is 0.0552. The zero-order chi connectivity index (χ0) is 20.0. The first-order chi connectivity index (χ1) is 12.7. The topological polar surface area (TPSA) is 100.0 Å². The number of ether oxygens (including phenoxy) is 1. The number of aromatic nitrogens is 2. The second-order valence-electron chi connectivity index (χ2n) is 6.43. The summed E-state index contributed by atoms with van der Waals surface area (Å²) >= 11 is 5.66. The fourth-order valence-corrected chi connectivity index (χ4v) is 2.10. The summed E-state index contributed by atoms with van der Waals surface area (Å²) in [4.78, 5) is 19.0. The number of carbonyl (C=O) groups excluding carboxylic acids is 1. The van der Waals surface area contributed by atoms with E-state index < -0.39 is 17.5 Å². The van der Waals surface area contributed by atoms with E-state index in [4.69, 9.17) is 21.7 Å². The first-order valence-corrected chi connectivity index (χ1v) is 8.31. The van der Waals surface area contributed by atoms with E-state index in [1.807, 2.05) is 0 Å². The molecule has 0 aliphatic rings. The van der Waals surface area contributed by atoms with Crippen molar-refractivity contribution in [2.75, 3.05) is 5.32 Å². The Morgan fingerprint density at radius 1 is 1.30 bits per heavy atom. The van der Waals surface area contributed by atoms with Crippen molar-refractivity contribution in [1.82, 2.24) is 15.3 Å². The second-order valence-corrected chi connectivity index (χ2v) is 6.77. The number of hydrogen-bond acceptors (Lipinski definition) is 6. The van der Waals surface area contributed by atoms with Crippen LogP contribution in [-0.4, -0.2) is 27.9 Å². The van der Waals surface area contributed by atoms with Gasteiger partial charge in [-0.2, -0.15) is 4.98 Å². The first-order valence-electron chi connectivity index (χ1n) is 7.93. The van der Waals surface area contributed by atoms with Crippen LogP contribution in [0.5, 0.6) is 0 Å². The van der Waals surface area contributed by atoms with Crippen LogP contribution in [0, 0.1) is 11.2 Å². The Labute approximate surface area is 161 Å². The molecule has 9 heteroatoms. The standard InChI is InChI=1S/C18H19ClFN5O2/c1-18(2,3)27-17(26)23-9-12(8-21)11-4-6-13(7-5-11)24-15-14(20)10-22-16(19)25-15/h4-10,21H,1-3H3,(H,23,26)(H,22,24,25)/b12-9+,21-8?. The quantitative estimate of drug-likeness (QED) is 0.513. The molecule has 142 valence electrons. The Kier molecular flexibility index (Phi) is 6.46. The predicted molar refractivity (Wildman–Crippen MR) is 103 cm³/mol. The van der Waals surface area contributed by atoms with Crippen molar-refractivity contribution in [1.29, 1.82) is 5.41 Å². The Bertz CT molecular complexity index is 863. The summed E-state index contributed by atoms with van der Waals surface area (Å²) in [5.74, 6) is -0.678. The number of anilines is 2. The fraction of sp³-hybridized carbons (Fsp3) is 0.222. The summed E-state index contributed by atoms with van der Waals surface area (Å²) in [6, 6.07) is 6.76. The molecule has 1 amide bonds. The van der Waals surface area contributed by atoms with Gasteiger partial charge in [0.1, 0.15) is 5.60 Å². The third kappa shape index (κ3) is 6.34. The molecular formula is C18H19ClFN5O2.